The maximum atomic E-state index is 12.9. The summed E-state index contributed by atoms with van der Waals surface area (Å²) in [6.45, 7) is 0.706. The van der Waals surface area contributed by atoms with Crippen molar-refractivity contribution in [1.29, 1.82) is 0 Å². The molecule has 3 rings (SSSR count). The van der Waals surface area contributed by atoms with E-state index in [0.29, 0.717) is 6.61 Å². The smallest absolute Gasteiger partial charge is 0.123 e. The molecule has 0 aromatic heterocycles. The van der Waals surface area contributed by atoms with Gasteiger partial charge >= 0.3 is 0 Å². The first-order valence-electron chi connectivity index (χ1n) is 6.49. The fourth-order valence-corrected chi connectivity index (χ4v) is 4.40. The highest BCUT2D eigenvalue weighted by Crippen LogP contribution is 2.43. The fraction of sp³-hybridized carbons (Fsp3) is 0.571. The van der Waals surface area contributed by atoms with Crippen LogP contribution in [0.2, 0.25) is 0 Å². The maximum absolute atomic E-state index is 12.9. The number of rotatable bonds is 2. The minimum atomic E-state index is -1.04. The Hall–Kier alpha value is -0.740. The van der Waals surface area contributed by atoms with Crippen LogP contribution in [0.25, 0.3) is 0 Å². The average Bonchev–Trinajstić information content (AvgIpc) is 2.37. The third-order valence-corrected chi connectivity index (χ3v) is 5.81. The molecule has 0 amide bonds. The van der Waals surface area contributed by atoms with E-state index in [1.165, 1.54) is 18.6 Å². The number of benzene rings is 1. The molecule has 0 radical (unpaired) electrons. The van der Waals surface area contributed by atoms with Gasteiger partial charge in [-0.05, 0) is 56.4 Å². The zero-order chi connectivity index (χ0) is 12.6. The summed E-state index contributed by atoms with van der Waals surface area (Å²) in [6, 6.07) is 6.03. The van der Waals surface area contributed by atoms with Gasteiger partial charge in [-0.2, -0.15) is 0 Å². The summed E-state index contributed by atoms with van der Waals surface area (Å²) in [7, 11) is -1.04. The molecule has 1 aliphatic heterocycles. The topological polar surface area (TPSA) is 26.3 Å². The summed E-state index contributed by atoms with van der Waals surface area (Å²) in [5.74, 6) is -0.279. The number of hydrogen-bond acceptors (Lipinski definition) is 2. The molecular weight excluding hydrogens is 251 g/mol. The molecule has 0 bridgehead atoms. The van der Waals surface area contributed by atoms with E-state index in [1.54, 1.807) is 12.1 Å². The van der Waals surface area contributed by atoms with Gasteiger partial charge in [0.2, 0.25) is 0 Å². The second kappa shape index (κ2) is 4.74. The normalized spacial score (nSPS) is 27.7. The lowest BCUT2D eigenvalue weighted by Crippen LogP contribution is -2.48. The van der Waals surface area contributed by atoms with E-state index in [9.17, 15) is 8.60 Å². The van der Waals surface area contributed by atoms with Crippen LogP contribution in [0.4, 0.5) is 4.39 Å². The second-order valence-corrected chi connectivity index (χ2v) is 6.98. The van der Waals surface area contributed by atoms with E-state index in [0.717, 1.165) is 30.6 Å². The molecule has 4 heteroatoms. The summed E-state index contributed by atoms with van der Waals surface area (Å²) in [6.07, 6.45) is 5.15. The highest BCUT2D eigenvalue weighted by Gasteiger charge is 2.44. The van der Waals surface area contributed by atoms with Crippen LogP contribution in [0.15, 0.2) is 29.2 Å². The van der Waals surface area contributed by atoms with Gasteiger partial charge in [0.15, 0.2) is 0 Å². The predicted molar refractivity (Wildman–Crippen MR) is 68.4 cm³/mol. The van der Waals surface area contributed by atoms with Gasteiger partial charge < -0.3 is 4.74 Å². The van der Waals surface area contributed by atoms with Gasteiger partial charge in [0, 0.05) is 16.8 Å². The molecule has 1 spiro atoms. The van der Waals surface area contributed by atoms with Crippen molar-refractivity contribution >= 4 is 10.8 Å². The first-order chi connectivity index (χ1) is 8.69. The Balaban J connectivity index is 1.74. The molecule has 2 unspecified atom stereocenters. The largest absolute Gasteiger partial charge is 0.375 e. The maximum Gasteiger partial charge on any atom is 0.123 e. The van der Waals surface area contributed by atoms with Crippen molar-refractivity contribution in [2.75, 3.05) is 6.61 Å². The average molecular weight is 268 g/mol. The molecule has 1 saturated heterocycles. The van der Waals surface area contributed by atoms with Gasteiger partial charge in [-0.3, -0.25) is 4.21 Å². The molecule has 98 valence electrons. The Labute approximate surface area is 109 Å². The lowest BCUT2D eigenvalue weighted by Gasteiger charge is -2.46. The zero-order valence-electron chi connectivity index (χ0n) is 10.2. The highest BCUT2D eigenvalue weighted by atomic mass is 32.2. The van der Waals surface area contributed by atoms with Gasteiger partial charge in [-0.25, -0.2) is 4.39 Å². The second-order valence-electron chi connectivity index (χ2n) is 5.25. The van der Waals surface area contributed by atoms with E-state index in [2.05, 4.69) is 0 Å². The Bertz CT molecular complexity index is 453. The third kappa shape index (κ3) is 2.24. The molecule has 1 saturated carbocycles. The standard InChI is InChI=1S/C14H17FO2S/c15-11-2-4-12(5-3-11)18(16)13-6-9-17-14(10-13)7-1-8-14/h2-5,13H,1,6-10H2. The van der Waals surface area contributed by atoms with Crippen LogP contribution < -0.4 is 0 Å². The Kier molecular flexibility index (Phi) is 3.24. The van der Waals surface area contributed by atoms with Crippen molar-refractivity contribution in [1.82, 2.24) is 0 Å². The molecule has 1 heterocycles. The van der Waals surface area contributed by atoms with Crippen molar-refractivity contribution in [3.8, 4) is 0 Å². The van der Waals surface area contributed by atoms with Gasteiger partial charge in [0.25, 0.3) is 0 Å². The Morgan fingerprint density at radius 1 is 1.28 bits per heavy atom. The van der Waals surface area contributed by atoms with Crippen LogP contribution >= 0.6 is 0 Å². The Morgan fingerprint density at radius 3 is 2.61 bits per heavy atom. The van der Waals surface area contributed by atoms with Crippen LogP contribution in [0, 0.1) is 5.82 Å². The van der Waals surface area contributed by atoms with Crippen molar-refractivity contribution in [3.63, 3.8) is 0 Å². The SMILES string of the molecule is O=S(c1ccc(F)cc1)C1CCOC2(CCC2)C1. The minimum absolute atomic E-state index is 0.0125. The first kappa shape index (κ1) is 12.3. The molecule has 2 nitrogen and oxygen atoms in total. The number of hydrogen-bond donors (Lipinski definition) is 0. The zero-order valence-corrected chi connectivity index (χ0v) is 11.0. The third-order valence-electron chi connectivity index (χ3n) is 4.06. The number of halogens is 1. The van der Waals surface area contributed by atoms with Crippen molar-refractivity contribution in [2.24, 2.45) is 0 Å². The summed E-state index contributed by atoms with van der Waals surface area (Å²) in [5.41, 5.74) is 0.0125. The van der Waals surface area contributed by atoms with Gasteiger partial charge in [0.1, 0.15) is 5.82 Å². The Morgan fingerprint density at radius 2 is 2.00 bits per heavy atom. The van der Waals surface area contributed by atoms with E-state index in [4.69, 9.17) is 4.74 Å². The monoisotopic (exact) mass is 268 g/mol. The van der Waals surface area contributed by atoms with Crippen LogP contribution in [0.1, 0.15) is 32.1 Å². The van der Waals surface area contributed by atoms with E-state index >= 15 is 0 Å². The minimum Gasteiger partial charge on any atom is -0.375 e. The van der Waals surface area contributed by atoms with Gasteiger partial charge in [-0.15, -0.1) is 0 Å². The molecule has 0 N–H and O–H groups in total. The van der Waals surface area contributed by atoms with Gasteiger partial charge in [-0.1, -0.05) is 0 Å². The molecule has 2 aliphatic rings. The lowest BCUT2D eigenvalue weighted by molar-refractivity contribution is -0.125. The van der Waals surface area contributed by atoms with Crippen molar-refractivity contribution in [3.05, 3.63) is 30.1 Å². The molecule has 18 heavy (non-hydrogen) atoms. The molecule has 1 aliphatic carbocycles. The highest BCUT2D eigenvalue weighted by molar-refractivity contribution is 7.85. The molecule has 1 aromatic rings. The molecule has 2 fully saturated rings. The quantitative estimate of drug-likeness (QED) is 0.824. The molecule has 1 aromatic carbocycles. The first-order valence-corrected chi connectivity index (χ1v) is 7.70. The van der Waals surface area contributed by atoms with Crippen molar-refractivity contribution in [2.45, 2.75) is 47.9 Å². The van der Waals surface area contributed by atoms with Crippen molar-refractivity contribution < 1.29 is 13.3 Å². The van der Waals surface area contributed by atoms with E-state index in [1.807, 2.05) is 0 Å². The summed E-state index contributed by atoms with van der Waals surface area (Å²) >= 11 is 0. The van der Waals surface area contributed by atoms with Crippen LogP contribution in [0.5, 0.6) is 0 Å². The fourth-order valence-electron chi connectivity index (χ4n) is 2.85. The summed E-state index contributed by atoms with van der Waals surface area (Å²) in [4.78, 5) is 0.734. The van der Waals surface area contributed by atoms with Crippen LogP contribution in [-0.4, -0.2) is 21.7 Å². The lowest BCUT2D eigenvalue weighted by atomic mass is 9.75. The van der Waals surface area contributed by atoms with E-state index in [-0.39, 0.29) is 16.7 Å². The summed E-state index contributed by atoms with van der Waals surface area (Å²) < 4.78 is 31.2. The van der Waals surface area contributed by atoms with Crippen LogP contribution in [0.3, 0.4) is 0 Å². The van der Waals surface area contributed by atoms with Gasteiger partial charge in [0.05, 0.1) is 16.4 Å². The van der Waals surface area contributed by atoms with E-state index < -0.39 is 10.8 Å². The molecular formula is C14H17FO2S. The number of ether oxygens (including phenoxy) is 1. The predicted octanol–water partition coefficient (Wildman–Crippen LogP) is 3.04. The summed E-state index contributed by atoms with van der Waals surface area (Å²) in [5, 5.41) is 0.157. The molecule has 2 atom stereocenters. The van der Waals surface area contributed by atoms with Crippen LogP contribution in [-0.2, 0) is 15.5 Å².